The number of carbonyl (C=O) groups is 1. The van der Waals surface area contributed by atoms with Crippen LogP contribution in [0.3, 0.4) is 0 Å². The first-order valence-corrected chi connectivity index (χ1v) is 4.65. The Kier molecular flexibility index (Phi) is 3.09. The maximum Gasteiger partial charge on any atom is 0.239 e. The molecule has 0 spiro atoms. The molecular weight excluding hydrogens is 152 g/mol. The molecule has 0 aliphatic carbocycles. The van der Waals surface area contributed by atoms with Crippen molar-refractivity contribution in [1.82, 2.24) is 4.90 Å². The van der Waals surface area contributed by atoms with E-state index in [1.165, 1.54) is 0 Å². The van der Waals surface area contributed by atoms with Crippen molar-refractivity contribution in [3.8, 4) is 0 Å². The van der Waals surface area contributed by atoms with Crippen LogP contribution >= 0.6 is 0 Å². The molecule has 1 aliphatic rings. The van der Waals surface area contributed by atoms with Gasteiger partial charge in [-0.2, -0.15) is 0 Å². The molecule has 1 atom stereocenters. The first kappa shape index (κ1) is 9.52. The molecule has 1 heterocycles. The third kappa shape index (κ3) is 2.21. The minimum Gasteiger partial charge on any atom is -0.341 e. The molecule has 2 N–H and O–H groups in total. The summed E-state index contributed by atoms with van der Waals surface area (Å²) in [4.78, 5) is 13.2. The standard InChI is InChI=1S/C9H18N2O/c1-7(2)3-5-11-6-4-8(10)9(11)12/h7-8H,3-6,10H2,1-2H3. The number of nitrogens with two attached hydrogens (primary N) is 1. The van der Waals surface area contributed by atoms with Crippen molar-refractivity contribution >= 4 is 5.91 Å². The predicted octanol–water partition coefficient (Wildman–Crippen LogP) is 0.592. The Balaban J connectivity index is 2.30. The zero-order valence-corrected chi connectivity index (χ0v) is 7.92. The van der Waals surface area contributed by atoms with Gasteiger partial charge in [-0.1, -0.05) is 13.8 Å². The van der Waals surface area contributed by atoms with E-state index in [9.17, 15) is 4.79 Å². The Bertz CT molecular complexity index is 168. The molecule has 70 valence electrons. The lowest BCUT2D eigenvalue weighted by Gasteiger charge is -2.16. The van der Waals surface area contributed by atoms with Crippen molar-refractivity contribution in [1.29, 1.82) is 0 Å². The van der Waals surface area contributed by atoms with Crippen molar-refractivity contribution in [2.45, 2.75) is 32.7 Å². The maximum absolute atomic E-state index is 11.3. The lowest BCUT2D eigenvalue weighted by atomic mass is 10.1. The average molecular weight is 170 g/mol. The maximum atomic E-state index is 11.3. The molecule has 3 nitrogen and oxygen atoms in total. The molecule has 1 fully saturated rings. The fourth-order valence-electron chi connectivity index (χ4n) is 1.40. The first-order valence-electron chi connectivity index (χ1n) is 4.65. The second-order valence-electron chi connectivity index (χ2n) is 3.90. The van der Waals surface area contributed by atoms with Crippen molar-refractivity contribution in [2.24, 2.45) is 11.7 Å². The number of carbonyl (C=O) groups excluding carboxylic acids is 1. The SMILES string of the molecule is CC(C)CCN1CCC(N)C1=O. The van der Waals surface area contributed by atoms with E-state index in [2.05, 4.69) is 13.8 Å². The van der Waals surface area contributed by atoms with Crippen molar-refractivity contribution in [2.75, 3.05) is 13.1 Å². The molecule has 0 bridgehead atoms. The van der Waals surface area contributed by atoms with Gasteiger partial charge in [-0.15, -0.1) is 0 Å². The van der Waals surface area contributed by atoms with Crippen LogP contribution in [0.4, 0.5) is 0 Å². The fourth-order valence-corrected chi connectivity index (χ4v) is 1.40. The number of hydrogen-bond donors (Lipinski definition) is 1. The zero-order valence-electron chi connectivity index (χ0n) is 7.92. The van der Waals surface area contributed by atoms with Gasteiger partial charge in [0, 0.05) is 13.1 Å². The molecule has 0 aromatic rings. The number of nitrogens with zero attached hydrogens (tertiary/aromatic N) is 1. The minimum atomic E-state index is -0.225. The normalized spacial score (nSPS) is 24.2. The highest BCUT2D eigenvalue weighted by molar-refractivity contribution is 5.83. The van der Waals surface area contributed by atoms with Crippen LogP contribution in [0.2, 0.25) is 0 Å². The summed E-state index contributed by atoms with van der Waals surface area (Å²) in [5.74, 6) is 0.797. The average Bonchev–Trinajstić information content (AvgIpc) is 2.30. The third-order valence-electron chi connectivity index (χ3n) is 2.32. The molecule has 1 aliphatic heterocycles. The zero-order chi connectivity index (χ0) is 9.14. The molecule has 3 heteroatoms. The summed E-state index contributed by atoms with van der Waals surface area (Å²) in [7, 11) is 0. The van der Waals surface area contributed by atoms with E-state index in [1.807, 2.05) is 4.90 Å². The van der Waals surface area contributed by atoms with E-state index in [0.29, 0.717) is 5.92 Å². The smallest absolute Gasteiger partial charge is 0.239 e. The third-order valence-corrected chi connectivity index (χ3v) is 2.32. The first-order chi connectivity index (χ1) is 5.61. The van der Waals surface area contributed by atoms with Crippen molar-refractivity contribution in [3.63, 3.8) is 0 Å². The van der Waals surface area contributed by atoms with Crippen LogP contribution < -0.4 is 5.73 Å². The Labute approximate surface area is 73.9 Å². The van der Waals surface area contributed by atoms with E-state index in [4.69, 9.17) is 5.73 Å². The monoisotopic (exact) mass is 170 g/mol. The van der Waals surface area contributed by atoms with Crippen LogP contribution in [-0.2, 0) is 4.79 Å². The Morgan fingerprint density at radius 2 is 2.33 bits per heavy atom. The van der Waals surface area contributed by atoms with E-state index < -0.39 is 0 Å². The van der Waals surface area contributed by atoms with Crippen LogP contribution in [0.5, 0.6) is 0 Å². The van der Waals surface area contributed by atoms with E-state index in [-0.39, 0.29) is 11.9 Å². The Hall–Kier alpha value is -0.570. The molecule has 1 saturated heterocycles. The highest BCUT2D eigenvalue weighted by atomic mass is 16.2. The van der Waals surface area contributed by atoms with Gasteiger partial charge in [0.15, 0.2) is 0 Å². The second kappa shape index (κ2) is 3.90. The number of hydrogen-bond acceptors (Lipinski definition) is 2. The molecule has 1 unspecified atom stereocenters. The van der Waals surface area contributed by atoms with E-state index in [1.54, 1.807) is 0 Å². The van der Waals surface area contributed by atoms with Crippen LogP contribution in [0.25, 0.3) is 0 Å². The summed E-state index contributed by atoms with van der Waals surface area (Å²) in [5.41, 5.74) is 5.58. The second-order valence-corrected chi connectivity index (χ2v) is 3.90. The number of rotatable bonds is 3. The summed E-state index contributed by atoms with van der Waals surface area (Å²) in [6.07, 6.45) is 1.91. The van der Waals surface area contributed by atoms with Gasteiger partial charge in [0.2, 0.25) is 5.91 Å². The fraction of sp³-hybridized carbons (Fsp3) is 0.889. The van der Waals surface area contributed by atoms with E-state index in [0.717, 1.165) is 25.9 Å². The summed E-state index contributed by atoms with van der Waals surface area (Å²) in [6, 6.07) is -0.225. The molecule has 0 aromatic heterocycles. The largest absolute Gasteiger partial charge is 0.341 e. The van der Waals surface area contributed by atoms with Gasteiger partial charge < -0.3 is 10.6 Å². The number of likely N-dealkylation sites (tertiary alicyclic amines) is 1. The number of amides is 1. The highest BCUT2D eigenvalue weighted by Crippen LogP contribution is 2.11. The minimum absolute atomic E-state index is 0.135. The van der Waals surface area contributed by atoms with Crippen LogP contribution in [-0.4, -0.2) is 29.9 Å². The summed E-state index contributed by atoms with van der Waals surface area (Å²) in [6.45, 7) is 6.07. The van der Waals surface area contributed by atoms with Crippen molar-refractivity contribution in [3.05, 3.63) is 0 Å². The summed E-state index contributed by atoms with van der Waals surface area (Å²) in [5, 5.41) is 0. The molecule has 0 aromatic carbocycles. The van der Waals surface area contributed by atoms with Gasteiger partial charge in [0.1, 0.15) is 0 Å². The van der Waals surface area contributed by atoms with Gasteiger partial charge in [-0.05, 0) is 18.8 Å². The molecule has 12 heavy (non-hydrogen) atoms. The van der Waals surface area contributed by atoms with E-state index >= 15 is 0 Å². The molecule has 0 saturated carbocycles. The van der Waals surface area contributed by atoms with Gasteiger partial charge in [0.25, 0.3) is 0 Å². The summed E-state index contributed by atoms with van der Waals surface area (Å²) < 4.78 is 0. The lowest BCUT2D eigenvalue weighted by molar-refractivity contribution is -0.128. The highest BCUT2D eigenvalue weighted by Gasteiger charge is 2.27. The van der Waals surface area contributed by atoms with Gasteiger partial charge in [-0.25, -0.2) is 0 Å². The summed E-state index contributed by atoms with van der Waals surface area (Å²) >= 11 is 0. The van der Waals surface area contributed by atoms with Gasteiger partial charge in [-0.3, -0.25) is 4.79 Å². The lowest BCUT2D eigenvalue weighted by Crippen LogP contribution is -2.34. The van der Waals surface area contributed by atoms with Gasteiger partial charge >= 0.3 is 0 Å². The quantitative estimate of drug-likeness (QED) is 0.674. The van der Waals surface area contributed by atoms with Crippen LogP contribution in [0.15, 0.2) is 0 Å². The Morgan fingerprint density at radius 3 is 2.75 bits per heavy atom. The van der Waals surface area contributed by atoms with Crippen LogP contribution in [0.1, 0.15) is 26.7 Å². The molecule has 0 radical (unpaired) electrons. The van der Waals surface area contributed by atoms with Crippen molar-refractivity contribution < 1.29 is 4.79 Å². The molecular formula is C9H18N2O. The van der Waals surface area contributed by atoms with Crippen LogP contribution in [0, 0.1) is 5.92 Å². The Morgan fingerprint density at radius 1 is 1.67 bits per heavy atom. The predicted molar refractivity (Wildman–Crippen MR) is 48.6 cm³/mol. The topological polar surface area (TPSA) is 46.3 Å². The van der Waals surface area contributed by atoms with Gasteiger partial charge in [0.05, 0.1) is 6.04 Å². The molecule has 1 rings (SSSR count). The molecule has 1 amide bonds.